The highest BCUT2D eigenvalue weighted by molar-refractivity contribution is 5.99. The van der Waals surface area contributed by atoms with Crippen LogP contribution in [0.4, 0.5) is 13.2 Å². The Kier molecular flexibility index (Phi) is 5.55. The molecule has 5 nitrogen and oxygen atoms in total. The number of ether oxygens (including phenoxy) is 1. The number of esters is 1. The first-order chi connectivity index (χ1) is 13.5. The number of fused-ring (bicyclic) bond motifs is 1. The molecule has 0 atom stereocenters. The van der Waals surface area contributed by atoms with Gasteiger partial charge in [0.2, 0.25) is 5.78 Å². The summed E-state index contributed by atoms with van der Waals surface area (Å²) >= 11 is 0. The maximum absolute atomic E-state index is 12.7. The highest BCUT2D eigenvalue weighted by Gasteiger charge is 2.30. The SMILES string of the molecule is Cc1ccc2c(CC(=O)OCC(=O)c3cc(C)n(CC(F)(F)F)c3C)coc2c1. The van der Waals surface area contributed by atoms with Gasteiger partial charge >= 0.3 is 12.1 Å². The standard InChI is InChI=1S/C21H20F3NO4/c1-12-4-5-16-15(9-28-19(16)6-12)8-20(27)29-10-18(26)17-7-13(2)25(14(17)3)11-21(22,23)24/h4-7,9H,8,10-11H2,1-3H3. The molecule has 0 radical (unpaired) electrons. The van der Waals surface area contributed by atoms with Crippen LogP contribution in [0.3, 0.4) is 0 Å². The van der Waals surface area contributed by atoms with Crippen LogP contribution in [0.15, 0.2) is 34.9 Å². The molecule has 0 saturated carbocycles. The van der Waals surface area contributed by atoms with Crippen molar-refractivity contribution in [1.82, 2.24) is 4.57 Å². The molecule has 0 aliphatic heterocycles. The predicted octanol–water partition coefficient (Wildman–Crippen LogP) is 4.69. The number of aryl methyl sites for hydroxylation is 2. The van der Waals surface area contributed by atoms with Crippen LogP contribution in [0.5, 0.6) is 0 Å². The summed E-state index contributed by atoms with van der Waals surface area (Å²) in [5.41, 5.74) is 2.94. The number of benzene rings is 1. The fourth-order valence-corrected chi connectivity index (χ4v) is 3.26. The van der Waals surface area contributed by atoms with Crippen LogP contribution < -0.4 is 0 Å². The van der Waals surface area contributed by atoms with Crippen LogP contribution in [-0.2, 0) is 22.5 Å². The van der Waals surface area contributed by atoms with Crippen LogP contribution in [0.1, 0.15) is 32.9 Å². The number of hydrogen-bond acceptors (Lipinski definition) is 4. The van der Waals surface area contributed by atoms with Gasteiger partial charge in [-0.25, -0.2) is 0 Å². The van der Waals surface area contributed by atoms with Crippen LogP contribution >= 0.6 is 0 Å². The zero-order chi connectivity index (χ0) is 21.3. The molecular weight excluding hydrogens is 387 g/mol. The maximum Gasteiger partial charge on any atom is 0.406 e. The molecule has 0 aliphatic rings. The maximum atomic E-state index is 12.7. The molecule has 0 N–H and O–H groups in total. The number of furan rings is 1. The molecule has 0 unspecified atom stereocenters. The van der Waals surface area contributed by atoms with Crippen LogP contribution in [0, 0.1) is 20.8 Å². The minimum Gasteiger partial charge on any atom is -0.464 e. The first kappa shape index (κ1) is 20.7. The number of nitrogens with zero attached hydrogens (tertiary/aromatic N) is 1. The molecule has 3 aromatic rings. The third-order valence-electron chi connectivity index (χ3n) is 4.72. The molecular formula is C21H20F3NO4. The Hall–Kier alpha value is -3.03. The lowest BCUT2D eigenvalue weighted by Crippen LogP contribution is -2.20. The molecule has 0 amide bonds. The van der Waals surface area contributed by atoms with E-state index in [1.807, 2.05) is 25.1 Å². The summed E-state index contributed by atoms with van der Waals surface area (Å²) in [6, 6.07) is 6.97. The molecule has 0 aliphatic carbocycles. The lowest BCUT2D eigenvalue weighted by atomic mass is 10.1. The van der Waals surface area contributed by atoms with E-state index >= 15 is 0 Å². The predicted molar refractivity (Wildman–Crippen MR) is 99.9 cm³/mol. The largest absolute Gasteiger partial charge is 0.464 e. The average Bonchev–Trinajstić information content (AvgIpc) is 3.14. The molecule has 2 heterocycles. The van der Waals surface area contributed by atoms with Gasteiger partial charge in [-0.05, 0) is 38.5 Å². The number of alkyl halides is 3. The van der Waals surface area contributed by atoms with E-state index in [-0.39, 0.29) is 17.7 Å². The Morgan fingerprint density at radius 1 is 1.14 bits per heavy atom. The smallest absolute Gasteiger partial charge is 0.406 e. The van der Waals surface area contributed by atoms with Gasteiger partial charge in [-0.15, -0.1) is 0 Å². The summed E-state index contributed by atoms with van der Waals surface area (Å²) < 4.78 is 49.6. The van der Waals surface area contributed by atoms with Gasteiger partial charge in [-0.2, -0.15) is 13.2 Å². The van der Waals surface area contributed by atoms with Crippen molar-refractivity contribution >= 4 is 22.7 Å². The average molecular weight is 407 g/mol. The lowest BCUT2D eigenvalue weighted by Gasteiger charge is -2.12. The van der Waals surface area contributed by atoms with E-state index in [4.69, 9.17) is 9.15 Å². The van der Waals surface area contributed by atoms with Gasteiger partial charge in [0, 0.05) is 27.9 Å². The first-order valence-corrected chi connectivity index (χ1v) is 8.94. The Balaban J connectivity index is 1.64. The molecule has 0 bridgehead atoms. The second-order valence-corrected chi connectivity index (χ2v) is 7.01. The summed E-state index contributed by atoms with van der Waals surface area (Å²) in [5.74, 6) is -1.17. The Bertz CT molecular complexity index is 1080. The zero-order valence-corrected chi connectivity index (χ0v) is 16.2. The summed E-state index contributed by atoms with van der Waals surface area (Å²) in [5, 5.41) is 0.787. The number of Topliss-reactive ketones (excluding diaryl/α,β-unsaturated/α-hetero) is 1. The number of hydrogen-bond donors (Lipinski definition) is 0. The highest BCUT2D eigenvalue weighted by atomic mass is 19.4. The number of ketones is 1. The van der Waals surface area contributed by atoms with Gasteiger partial charge in [-0.3, -0.25) is 9.59 Å². The number of halogens is 3. The normalized spacial score (nSPS) is 11.8. The minimum absolute atomic E-state index is 0.0730. The van der Waals surface area contributed by atoms with Crippen molar-refractivity contribution in [3.8, 4) is 0 Å². The Labute approximate surface area is 165 Å². The van der Waals surface area contributed by atoms with Crippen molar-refractivity contribution in [1.29, 1.82) is 0 Å². The van der Waals surface area contributed by atoms with Gasteiger partial charge in [0.1, 0.15) is 12.1 Å². The number of carbonyl (C=O) groups excluding carboxylic acids is 2. The third-order valence-corrected chi connectivity index (χ3v) is 4.72. The van der Waals surface area contributed by atoms with E-state index in [1.165, 1.54) is 26.2 Å². The van der Waals surface area contributed by atoms with Gasteiger partial charge in [-0.1, -0.05) is 12.1 Å². The van der Waals surface area contributed by atoms with E-state index in [9.17, 15) is 22.8 Å². The van der Waals surface area contributed by atoms with E-state index in [2.05, 4.69) is 0 Å². The van der Waals surface area contributed by atoms with Gasteiger partial charge in [0.15, 0.2) is 6.61 Å². The van der Waals surface area contributed by atoms with Crippen molar-refractivity contribution in [2.75, 3.05) is 6.61 Å². The highest BCUT2D eigenvalue weighted by Crippen LogP contribution is 2.24. The quantitative estimate of drug-likeness (QED) is 0.439. The van der Waals surface area contributed by atoms with E-state index < -0.39 is 31.1 Å². The molecule has 0 fully saturated rings. The van der Waals surface area contributed by atoms with E-state index in [0.29, 0.717) is 16.8 Å². The van der Waals surface area contributed by atoms with E-state index in [0.717, 1.165) is 15.5 Å². The molecule has 0 spiro atoms. The Morgan fingerprint density at radius 2 is 1.86 bits per heavy atom. The second-order valence-electron chi connectivity index (χ2n) is 7.01. The molecule has 1 aromatic carbocycles. The van der Waals surface area contributed by atoms with Crippen molar-refractivity contribution in [2.24, 2.45) is 0 Å². The fraction of sp³-hybridized carbons (Fsp3) is 0.333. The van der Waals surface area contributed by atoms with Crippen LogP contribution in [0.2, 0.25) is 0 Å². The zero-order valence-electron chi connectivity index (χ0n) is 16.2. The van der Waals surface area contributed by atoms with Gasteiger partial charge in [0.05, 0.1) is 12.7 Å². The van der Waals surface area contributed by atoms with Gasteiger partial charge in [0.25, 0.3) is 0 Å². The molecule has 29 heavy (non-hydrogen) atoms. The summed E-state index contributed by atoms with van der Waals surface area (Å²) in [6.45, 7) is 3.14. The Morgan fingerprint density at radius 3 is 2.55 bits per heavy atom. The number of aromatic nitrogens is 1. The number of carbonyl (C=O) groups is 2. The molecule has 0 saturated heterocycles. The van der Waals surface area contributed by atoms with Crippen LogP contribution in [-0.4, -0.2) is 29.1 Å². The second kappa shape index (κ2) is 7.77. The van der Waals surface area contributed by atoms with Gasteiger partial charge < -0.3 is 13.7 Å². The number of rotatable bonds is 6. The first-order valence-electron chi connectivity index (χ1n) is 8.94. The van der Waals surface area contributed by atoms with Crippen molar-refractivity contribution in [3.05, 3.63) is 58.6 Å². The van der Waals surface area contributed by atoms with Crippen LogP contribution in [0.25, 0.3) is 11.0 Å². The summed E-state index contributed by atoms with van der Waals surface area (Å²) in [6.07, 6.45) is -3.00. The van der Waals surface area contributed by atoms with E-state index in [1.54, 1.807) is 0 Å². The fourth-order valence-electron chi connectivity index (χ4n) is 3.26. The summed E-state index contributed by atoms with van der Waals surface area (Å²) in [7, 11) is 0. The molecule has 3 rings (SSSR count). The summed E-state index contributed by atoms with van der Waals surface area (Å²) in [4.78, 5) is 24.5. The monoisotopic (exact) mass is 407 g/mol. The van der Waals surface area contributed by atoms with Crippen molar-refractivity contribution in [2.45, 2.75) is 39.9 Å². The molecule has 154 valence electrons. The topological polar surface area (TPSA) is 61.4 Å². The van der Waals surface area contributed by atoms with Crippen molar-refractivity contribution < 1.29 is 31.9 Å². The van der Waals surface area contributed by atoms with Crippen molar-refractivity contribution in [3.63, 3.8) is 0 Å². The third kappa shape index (κ3) is 4.70. The lowest BCUT2D eigenvalue weighted by molar-refractivity contribution is -0.142. The minimum atomic E-state index is -4.40. The molecule has 8 heteroatoms. The molecule has 2 aromatic heterocycles.